The number of halogens is 2. The van der Waals surface area contributed by atoms with Gasteiger partial charge in [0.05, 0.1) is 10.7 Å². The maximum Gasteiger partial charge on any atom is 0.293 e. The number of benzene rings is 1. The van der Waals surface area contributed by atoms with Gasteiger partial charge in [-0.3, -0.25) is 4.79 Å². The maximum absolute atomic E-state index is 13.3. The van der Waals surface area contributed by atoms with Gasteiger partial charge < -0.3 is 10.2 Å². The molecule has 1 aliphatic heterocycles. The molecule has 0 spiro atoms. The molecule has 0 atom stereocenters. The van der Waals surface area contributed by atoms with Crippen molar-refractivity contribution in [2.24, 2.45) is 0 Å². The predicted molar refractivity (Wildman–Crippen MR) is 113 cm³/mol. The third-order valence-electron chi connectivity index (χ3n) is 5.32. The van der Waals surface area contributed by atoms with Gasteiger partial charge in [-0.1, -0.05) is 30.7 Å². The molecule has 1 saturated heterocycles. The first-order valence-corrected chi connectivity index (χ1v) is 10.3. The van der Waals surface area contributed by atoms with Crippen molar-refractivity contribution in [1.82, 2.24) is 25.0 Å². The highest BCUT2D eigenvalue weighted by Gasteiger charge is 2.34. The number of carbonyl (C=O) groups excluding carboxylic acids is 1. The van der Waals surface area contributed by atoms with E-state index in [1.54, 1.807) is 4.68 Å². The molecule has 28 heavy (non-hydrogen) atoms. The minimum absolute atomic E-state index is 0. The van der Waals surface area contributed by atoms with E-state index in [0.29, 0.717) is 16.8 Å². The Morgan fingerprint density at radius 2 is 1.96 bits per heavy atom. The first kappa shape index (κ1) is 21.1. The molecule has 1 saturated carbocycles. The summed E-state index contributed by atoms with van der Waals surface area (Å²) < 4.78 is 1.78. The third kappa shape index (κ3) is 4.34. The number of nitrogens with zero attached hydrogens (tertiary/aromatic N) is 4. The number of rotatable bonds is 6. The lowest BCUT2D eigenvalue weighted by atomic mass is 10.0. The second kappa shape index (κ2) is 9.25. The molecule has 1 N–H and O–H groups in total. The predicted octanol–water partition coefficient (Wildman–Crippen LogP) is 3.82. The Balaban J connectivity index is 0.00000225. The smallest absolute Gasteiger partial charge is 0.293 e. The quantitative estimate of drug-likeness (QED) is 0.766. The SMILES string of the molecule is CCCN(C(=O)c1nc(C2CC2)n(-c2ccccc2Cl)n1)C1CCNCC1.Cl. The monoisotopic (exact) mass is 423 g/mol. The van der Waals surface area contributed by atoms with Gasteiger partial charge in [0.1, 0.15) is 5.82 Å². The van der Waals surface area contributed by atoms with Crippen molar-refractivity contribution in [2.45, 2.75) is 51.0 Å². The number of nitrogens with one attached hydrogen (secondary N) is 1. The van der Waals surface area contributed by atoms with Crippen LogP contribution in [-0.4, -0.2) is 51.2 Å². The number of para-hydroxylation sites is 1. The van der Waals surface area contributed by atoms with Crippen LogP contribution in [0.4, 0.5) is 0 Å². The molecule has 4 rings (SSSR count). The van der Waals surface area contributed by atoms with E-state index in [2.05, 4.69) is 22.3 Å². The second-order valence-electron chi connectivity index (χ2n) is 7.41. The van der Waals surface area contributed by atoms with Crippen LogP contribution in [0.15, 0.2) is 24.3 Å². The maximum atomic E-state index is 13.3. The first-order valence-electron chi connectivity index (χ1n) is 9.92. The van der Waals surface area contributed by atoms with Crippen LogP contribution < -0.4 is 5.32 Å². The van der Waals surface area contributed by atoms with E-state index in [9.17, 15) is 4.79 Å². The Hall–Kier alpha value is -1.63. The van der Waals surface area contributed by atoms with Gasteiger partial charge in [-0.2, -0.15) is 0 Å². The van der Waals surface area contributed by atoms with Crippen molar-refractivity contribution >= 4 is 29.9 Å². The molecule has 2 heterocycles. The van der Waals surface area contributed by atoms with Gasteiger partial charge in [0, 0.05) is 18.5 Å². The van der Waals surface area contributed by atoms with E-state index in [1.165, 1.54) is 0 Å². The Kier molecular flexibility index (Phi) is 6.96. The fourth-order valence-corrected chi connectivity index (χ4v) is 3.97. The van der Waals surface area contributed by atoms with Crippen molar-refractivity contribution in [3.63, 3.8) is 0 Å². The summed E-state index contributed by atoms with van der Waals surface area (Å²) >= 11 is 6.39. The standard InChI is InChI=1S/C20H26ClN5O.ClH/c1-2-13-25(15-9-11-22-12-10-15)20(27)18-23-19(14-7-8-14)26(24-18)17-6-4-3-5-16(17)21;/h3-6,14-15,22H,2,7-13H2,1H3;1H. The van der Waals surface area contributed by atoms with Crippen LogP contribution in [-0.2, 0) is 0 Å². The Morgan fingerprint density at radius 1 is 1.25 bits per heavy atom. The molecular formula is C20H27Cl2N5O. The number of carbonyl (C=O) groups is 1. The van der Waals surface area contributed by atoms with Gasteiger partial charge in [0.15, 0.2) is 0 Å². The van der Waals surface area contributed by atoms with Crippen molar-refractivity contribution in [1.29, 1.82) is 0 Å². The van der Waals surface area contributed by atoms with Crippen LogP contribution in [0.1, 0.15) is 61.4 Å². The molecule has 1 aromatic carbocycles. The topological polar surface area (TPSA) is 63.1 Å². The van der Waals surface area contributed by atoms with Gasteiger partial charge in [-0.05, 0) is 57.3 Å². The summed E-state index contributed by atoms with van der Waals surface area (Å²) in [6.45, 7) is 4.75. The van der Waals surface area contributed by atoms with Crippen LogP contribution in [0, 0.1) is 0 Å². The zero-order valence-electron chi connectivity index (χ0n) is 16.1. The van der Waals surface area contributed by atoms with Crippen molar-refractivity contribution < 1.29 is 4.79 Å². The van der Waals surface area contributed by atoms with Crippen molar-refractivity contribution in [2.75, 3.05) is 19.6 Å². The molecule has 152 valence electrons. The van der Waals surface area contributed by atoms with Gasteiger partial charge in [0.25, 0.3) is 5.91 Å². The molecule has 2 aliphatic rings. The van der Waals surface area contributed by atoms with Crippen LogP contribution >= 0.6 is 24.0 Å². The van der Waals surface area contributed by atoms with Crippen LogP contribution in [0.5, 0.6) is 0 Å². The Morgan fingerprint density at radius 3 is 2.61 bits per heavy atom. The number of hydrogen-bond donors (Lipinski definition) is 1. The summed E-state index contributed by atoms with van der Waals surface area (Å²) in [5.41, 5.74) is 0.788. The van der Waals surface area contributed by atoms with Crippen molar-refractivity contribution in [3.05, 3.63) is 40.9 Å². The molecule has 0 unspecified atom stereocenters. The van der Waals surface area contributed by atoms with E-state index in [-0.39, 0.29) is 24.4 Å². The lowest BCUT2D eigenvalue weighted by molar-refractivity contribution is 0.0630. The lowest BCUT2D eigenvalue weighted by Crippen LogP contribution is -2.46. The molecule has 1 aromatic heterocycles. The Bertz CT molecular complexity index is 815. The third-order valence-corrected chi connectivity index (χ3v) is 5.64. The fourth-order valence-electron chi connectivity index (χ4n) is 3.76. The molecule has 0 radical (unpaired) electrons. The molecule has 2 fully saturated rings. The molecule has 6 nitrogen and oxygen atoms in total. The zero-order valence-corrected chi connectivity index (χ0v) is 17.7. The highest BCUT2D eigenvalue weighted by Crippen LogP contribution is 2.40. The average molecular weight is 424 g/mol. The lowest BCUT2D eigenvalue weighted by Gasteiger charge is -2.33. The van der Waals surface area contributed by atoms with Gasteiger partial charge in [0.2, 0.25) is 5.82 Å². The molecule has 8 heteroatoms. The highest BCUT2D eigenvalue weighted by molar-refractivity contribution is 6.32. The normalized spacial score (nSPS) is 17.2. The van der Waals surface area contributed by atoms with E-state index in [0.717, 1.165) is 63.3 Å². The van der Waals surface area contributed by atoms with Gasteiger partial charge in [-0.25, -0.2) is 9.67 Å². The fraction of sp³-hybridized carbons (Fsp3) is 0.550. The van der Waals surface area contributed by atoms with Gasteiger partial charge in [-0.15, -0.1) is 17.5 Å². The number of amides is 1. The molecule has 1 aliphatic carbocycles. The van der Waals surface area contributed by atoms with Crippen molar-refractivity contribution in [3.8, 4) is 5.69 Å². The van der Waals surface area contributed by atoms with E-state index < -0.39 is 0 Å². The highest BCUT2D eigenvalue weighted by atomic mass is 35.5. The molecular weight excluding hydrogens is 397 g/mol. The number of piperidine rings is 1. The summed E-state index contributed by atoms with van der Waals surface area (Å²) in [6, 6.07) is 7.85. The zero-order chi connectivity index (χ0) is 18.8. The summed E-state index contributed by atoms with van der Waals surface area (Å²) in [7, 11) is 0. The average Bonchev–Trinajstić information content (AvgIpc) is 3.45. The largest absolute Gasteiger partial charge is 0.333 e. The second-order valence-corrected chi connectivity index (χ2v) is 7.82. The van der Waals surface area contributed by atoms with Crippen LogP contribution in [0.25, 0.3) is 5.69 Å². The first-order chi connectivity index (χ1) is 13.2. The number of aromatic nitrogens is 3. The minimum Gasteiger partial charge on any atom is -0.333 e. The summed E-state index contributed by atoms with van der Waals surface area (Å²) in [5.74, 6) is 1.46. The van der Waals surface area contributed by atoms with Crippen LogP contribution in [0.2, 0.25) is 5.02 Å². The molecule has 0 bridgehead atoms. The van der Waals surface area contributed by atoms with E-state index in [4.69, 9.17) is 11.6 Å². The number of hydrogen-bond acceptors (Lipinski definition) is 4. The Labute approximate surface area is 177 Å². The van der Waals surface area contributed by atoms with Crippen LogP contribution in [0.3, 0.4) is 0 Å². The summed E-state index contributed by atoms with van der Waals surface area (Å²) in [6.07, 6.45) is 5.06. The summed E-state index contributed by atoms with van der Waals surface area (Å²) in [5, 5.41) is 8.60. The summed E-state index contributed by atoms with van der Waals surface area (Å²) in [4.78, 5) is 19.9. The molecule has 1 amide bonds. The molecule has 2 aromatic rings. The van der Waals surface area contributed by atoms with E-state index >= 15 is 0 Å². The van der Waals surface area contributed by atoms with Gasteiger partial charge >= 0.3 is 0 Å². The minimum atomic E-state index is -0.0588. The van der Waals surface area contributed by atoms with E-state index in [1.807, 2.05) is 29.2 Å².